The van der Waals surface area contributed by atoms with Crippen LogP contribution in [-0.2, 0) is 0 Å². The van der Waals surface area contributed by atoms with Crippen LogP contribution in [0.15, 0.2) is 33.4 Å². The molecule has 0 bridgehead atoms. The number of halogens is 2. The average Bonchev–Trinajstić information content (AvgIpc) is 2.70. The Balaban J connectivity index is 2.24. The lowest BCUT2D eigenvalue weighted by Crippen LogP contribution is -2.12. The van der Waals surface area contributed by atoms with Gasteiger partial charge in [0.2, 0.25) is 5.76 Å². The van der Waals surface area contributed by atoms with E-state index in [1.807, 2.05) is 0 Å². The van der Waals surface area contributed by atoms with Crippen LogP contribution in [0.1, 0.15) is 16.1 Å². The van der Waals surface area contributed by atoms with E-state index in [1.54, 1.807) is 25.1 Å². The molecule has 1 amide bonds. The van der Waals surface area contributed by atoms with E-state index in [-0.39, 0.29) is 11.7 Å². The van der Waals surface area contributed by atoms with Gasteiger partial charge in [-0.2, -0.15) is 0 Å². The fourth-order valence-electron chi connectivity index (χ4n) is 1.28. The minimum Gasteiger partial charge on any atom is -0.351 e. The molecule has 0 aliphatic rings. The van der Waals surface area contributed by atoms with Crippen molar-refractivity contribution >= 4 is 39.1 Å². The Kier molecular flexibility index (Phi) is 3.49. The second kappa shape index (κ2) is 4.89. The fraction of sp³-hybridized carbons (Fsp3) is 0.0909. The van der Waals surface area contributed by atoms with Gasteiger partial charge >= 0.3 is 0 Å². The molecule has 1 aromatic heterocycles. The van der Waals surface area contributed by atoms with Crippen molar-refractivity contribution in [1.29, 1.82) is 0 Å². The van der Waals surface area contributed by atoms with Gasteiger partial charge < -0.3 is 9.84 Å². The van der Waals surface area contributed by atoms with Crippen molar-refractivity contribution in [2.24, 2.45) is 0 Å². The summed E-state index contributed by atoms with van der Waals surface area (Å²) in [6.45, 7) is 1.74. The highest BCUT2D eigenvalue weighted by molar-refractivity contribution is 9.10. The molecule has 0 fully saturated rings. The van der Waals surface area contributed by atoms with Crippen LogP contribution in [0.5, 0.6) is 0 Å². The quantitative estimate of drug-likeness (QED) is 0.920. The van der Waals surface area contributed by atoms with E-state index in [0.29, 0.717) is 16.3 Å². The van der Waals surface area contributed by atoms with Crippen LogP contribution in [-0.4, -0.2) is 11.1 Å². The lowest BCUT2D eigenvalue weighted by molar-refractivity contribution is 0.0987. The number of anilines is 1. The van der Waals surface area contributed by atoms with Gasteiger partial charge in [0.25, 0.3) is 5.91 Å². The van der Waals surface area contributed by atoms with Gasteiger partial charge in [-0.25, -0.2) is 0 Å². The molecule has 6 heteroatoms. The van der Waals surface area contributed by atoms with Gasteiger partial charge in [0.1, 0.15) is 0 Å². The Morgan fingerprint density at radius 3 is 2.94 bits per heavy atom. The second-order valence-electron chi connectivity index (χ2n) is 3.42. The van der Waals surface area contributed by atoms with Crippen LogP contribution in [0, 0.1) is 6.92 Å². The predicted molar refractivity (Wildman–Crippen MR) is 68.3 cm³/mol. The molecule has 0 aliphatic heterocycles. The highest BCUT2D eigenvalue weighted by Gasteiger charge is 2.15. The Morgan fingerprint density at radius 1 is 1.53 bits per heavy atom. The van der Waals surface area contributed by atoms with E-state index in [0.717, 1.165) is 4.47 Å². The molecule has 1 heterocycles. The molecule has 0 aliphatic carbocycles. The molecule has 2 rings (SSSR count). The van der Waals surface area contributed by atoms with Crippen LogP contribution in [0.25, 0.3) is 0 Å². The summed E-state index contributed by atoms with van der Waals surface area (Å²) in [5.74, 6) is -0.193. The number of benzene rings is 1. The zero-order chi connectivity index (χ0) is 12.4. The van der Waals surface area contributed by atoms with Crippen LogP contribution in [0.2, 0.25) is 5.02 Å². The maximum Gasteiger partial charge on any atom is 0.294 e. The van der Waals surface area contributed by atoms with E-state index in [1.165, 1.54) is 6.20 Å². The number of rotatable bonds is 2. The van der Waals surface area contributed by atoms with Gasteiger partial charge in [-0.15, -0.1) is 0 Å². The molecule has 17 heavy (non-hydrogen) atoms. The highest BCUT2D eigenvalue weighted by atomic mass is 79.9. The first kappa shape index (κ1) is 12.1. The zero-order valence-corrected chi connectivity index (χ0v) is 11.2. The van der Waals surface area contributed by atoms with Gasteiger partial charge in [-0.05, 0) is 25.1 Å². The van der Waals surface area contributed by atoms with Gasteiger partial charge in [0.05, 0.1) is 16.9 Å². The molecule has 0 radical (unpaired) electrons. The number of carbonyl (C=O) groups is 1. The summed E-state index contributed by atoms with van der Waals surface area (Å²) in [6, 6.07) is 5.19. The zero-order valence-electron chi connectivity index (χ0n) is 8.83. The summed E-state index contributed by atoms with van der Waals surface area (Å²) in [5, 5.41) is 6.66. The largest absolute Gasteiger partial charge is 0.351 e. The molecule has 88 valence electrons. The Labute approximate surface area is 111 Å². The Hall–Kier alpha value is -1.33. The van der Waals surface area contributed by atoms with E-state index < -0.39 is 0 Å². The number of aryl methyl sites for hydroxylation is 1. The van der Waals surface area contributed by atoms with Crippen molar-refractivity contribution in [1.82, 2.24) is 5.16 Å². The summed E-state index contributed by atoms with van der Waals surface area (Å²) in [5.41, 5.74) is 1.19. The number of aromatic nitrogens is 1. The second-order valence-corrected chi connectivity index (χ2v) is 4.74. The Morgan fingerprint density at radius 2 is 2.29 bits per heavy atom. The molecule has 2 aromatic rings. The standard InChI is InChI=1S/C11H8BrClN2O2/c1-6-5-14-17-10(6)11(16)15-9-4-7(12)2-3-8(9)13/h2-5H,1H3,(H,15,16). The van der Waals surface area contributed by atoms with Crippen molar-refractivity contribution in [2.75, 3.05) is 5.32 Å². The topological polar surface area (TPSA) is 55.1 Å². The fourth-order valence-corrected chi connectivity index (χ4v) is 1.81. The molecule has 0 spiro atoms. The third-order valence-electron chi connectivity index (χ3n) is 2.13. The summed E-state index contributed by atoms with van der Waals surface area (Å²) >= 11 is 9.26. The van der Waals surface area contributed by atoms with E-state index >= 15 is 0 Å². The van der Waals surface area contributed by atoms with Crippen molar-refractivity contribution in [3.05, 3.63) is 45.2 Å². The summed E-state index contributed by atoms with van der Waals surface area (Å²) in [4.78, 5) is 11.8. The minimum absolute atomic E-state index is 0.182. The monoisotopic (exact) mass is 314 g/mol. The molecular formula is C11H8BrClN2O2. The maximum absolute atomic E-state index is 11.8. The lowest BCUT2D eigenvalue weighted by atomic mass is 10.2. The summed E-state index contributed by atoms with van der Waals surface area (Å²) < 4.78 is 5.68. The Bertz CT molecular complexity index is 568. The predicted octanol–water partition coefficient (Wildman–Crippen LogP) is 3.65. The van der Waals surface area contributed by atoms with E-state index in [4.69, 9.17) is 16.1 Å². The average molecular weight is 316 g/mol. The third kappa shape index (κ3) is 2.68. The van der Waals surface area contributed by atoms with Gasteiger partial charge in [0.15, 0.2) is 0 Å². The molecular weight excluding hydrogens is 307 g/mol. The smallest absolute Gasteiger partial charge is 0.294 e. The van der Waals surface area contributed by atoms with E-state index in [9.17, 15) is 4.79 Å². The van der Waals surface area contributed by atoms with Crippen LogP contribution < -0.4 is 5.32 Å². The molecule has 0 saturated carbocycles. The first-order chi connectivity index (χ1) is 8.08. The molecule has 0 atom stereocenters. The van der Waals surface area contributed by atoms with Crippen LogP contribution in [0.4, 0.5) is 5.69 Å². The summed E-state index contributed by atoms with van der Waals surface area (Å²) in [6.07, 6.45) is 1.48. The number of amides is 1. The first-order valence-electron chi connectivity index (χ1n) is 4.75. The van der Waals surface area contributed by atoms with Crippen LogP contribution >= 0.6 is 27.5 Å². The SMILES string of the molecule is Cc1cnoc1C(=O)Nc1cc(Br)ccc1Cl. The minimum atomic E-state index is -0.375. The highest BCUT2D eigenvalue weighted by Crippen LogP contribution is 2.26. The number of carbonyl (C=O) groups excluding carboxylic acids is 1. The van der Waals surface area contributed by atoms with Gasteiger partial charge in [0, 0.05) is 10.0 Å². The summed E-state index contributed by atoms with van der Waals surface area (Å²) in [7, 11) is 0. The van der Waals surface area contributed by atoms with Gasteiger partial charge in [-0.3, -0.25) is 4.79 Å². The number of hydrogen-bond donors (Lipinski definition) is 1. The van der Waals surface area contributed by atoms with Crippen LogP contribution in [0.3, 0.4) is 0 Å². The van der Waals surface area contributed by atoms with Crippen molar-refractivity contribution in [3.63, 3.8) is 0 Å². The molecule has 0 unspecified atom stereocenters. The van der Waals surface area contributed by atoms with Crippen molar-refractivity contribution in [3.8, 4) is 0 Å². The molecule has 4 nitrogen and oxygen atoms in total. The number of nitrogens with zero attached hydrogens (tertiary/aromatic N) is 1. The maximum atomic E-state index is 11.8. The normalized spacial score (nSPS) is 10.3. The van der Waals surface area contributed by atoms with Crippen molar-refractivity contribution < 1.29 is 9.32 Å². The molecule has 0 saturated heterocycles. The molecule has 1 N–H and O–H groups in total. The molecule has 1 aromatic carbocycles. The van der Waals surface area contributed by atoms with Crippen molar-refractivity contribution in [2.45, 2.75) is 6.92 Å². The lowest BCUT2D eigenvalue weighted by Gasteiger charge is -2.06. The number of nitrogens with one attached hydrogen (secondary N) is 1. The first-order valence-corrected chi connectivity index (χ1v) is 5.92. The number of hydrogen-bond acceptors (Lipinski definition) is 3. The third-order valence-corrected chi connectivity index (χ3v) is 2.95. The van der Waals surface area contributed by atoms with E-state index in [2.05, 4.69) is 26.4 Å². The van der Waals surface area contributed by atoms with Gasteiger partial charge in [-0.1, -0.05) is 32.7 Å².